The number of allylic oxidation sites excluding steroid dienone is 3. The van der Waals surface area contributed by atoms with E-state index in [2.05, 4.69) is 25.5 Å². The molecule has 8 heteroatoms. The van der Waals surface area contributed by atoms with E-state index >= 15 is 0 Å². The van der Waals surface area contributed by atoms with Crippen LogP contribution in [-0.4, -0.2) is 44.0 Å². The lowest BCUT2D eigenvalue weighted by Crippen LogP contribution is -2.27. The van der Waals surface area contributed by atoms with Crippen molar-refractivity contribution in [1.29, 1.82) is 0 Å². The maximum absolute atomic E-state index is 12.7. The van der Waals surface area contributed by atoms with Gasteiger partial charge in [-0.2, -0.15) is 0 Å². The Bertz CT molecular complexity index is 1450. The molecule has 1 amide bonds. The lowest BCUT2D eigenvalue weighted by Gasteiger charge is -2.17. The maximum Gasteiger partial charge on any atom is 0.289 e. The number of carbonyl (C=O) groups excluding carboxylic acids is 2. The summed E-state index contributed by atoms with van der Waals surface area (Å²) in [4.78, 5) is 34.3. The summed E-state index contributed by atoms with van der Waals surface area (Å²) in [5.74, 6) is 1.72. The SMILES string of the molecule is CC(NC(=O)c1nc2cc3[nH][nH]c(C4=CN(C)C(=C=O)C=C4)c3cc2n1)c1ccccc1. The summed E-state index contributed by atoms with van der Waals surface area (Å²) in [6.45, 7) is 1.93. The van der Waals surface area contributed by atoms with E-state index in [0.717, 1.165) is 27.7 Å². The quantitative estimate of drug-likeness (QED) is 0.435. The van der Waals surface area contributed by atoms with Crippen molar-refractivity contribution >= 4 is 39.4 Å². The summed E-state index contributed by atoms with van der Waals surface area (Å²) in [6, 6.07) is 13.3. The minimum absolute atomic E-state index is 0.137. The molecule has 1 atom stereocenters. The Morgan fingerprint density at radius 3 is 2.56 bits per heavy atom. The van der Waals surface area contributed by atoms with Crippen LogP contribution in [0.25, 0.3) is 27.5 Å². The Kier molecular flexibility index (Phi) is 4.69. The van der Waals surface area contributed by atoms with Crippen LogP contribution in [0.5, 0.6) is 0 Å². The van der Waals surface area contributed by atoms with Gasteiger partial charge < -0.3 is 15.3 Å². The van der Waals surface area contributed by atoms with Crippen LogP contribution in [0, 0.1) is 0 Å². The molecule has 32 heavy (non-hydrogen) atoms. The second kappa shape index (κ2) is 7.68. The Labute approximate surface area is 183 Å². The van der Waals surface area contributed by atoms with Crippen LogP contribution in [-0.2, 0) is 4.79 Å². The highest BCUT2D eigenvalue weighted by molar-refractivity contribution is 6.02. The third kappa shape index (κ3) is 3.38. The summed E-state index contributed by atoms with van der Waals surface area (Å²) in [6.07, 6.45) is 5.42. The van der Waals surface area contributed by atoms with E-state index in [9.17, 15) is 9.59 Å². The van der Waals surface area contributed by atoms with E-state index in [1.807, 2.05) is 67.6 Å². The monoisotopic (exact) mass is 424 g/mol. The number of nitrogens with zero attached hydrogens (tertiary/aromatic N) is 3. The van der Waals surface area contributed by atoms with Crippen molar-refractivity contribution in [2.45, 2.75) is 13.0 Å². The summed E-state index contributed by atoms with van der Waals surface area (Å²) in [5, 5.41) is 10.2. The smallest absolute Gasteiger partial charge is 0.289 e. The average Bonchev–Trinajstić information content (AvgIpc) is 3.41. The summed E-state index contributed by atoms with van der Waals surface area (Å²) >= 11 is 0. The summed E-state index contributed by atoms with van der Waals surface area (Å²) < 4.78 is 0. The Morgan fingerprint density at radius 2 is 1.84 bits per heavy atom. The molecule has 2 aromatic carbocycles. The fourth-order valence-electron chi connectivity index (χ4n) is 3.79. The van der Waals surface area contributed by atoms with Gasteiger partial charge in [0.05, 0.1) is 28.3 Å². The summed E-state index contributed by atoms with van der Waals surface area (Å²) in [7, 11) is 1.79. The molecule has 0 radical (unpaired) electrons. The minimum Gasteiger partial charge on any atom is -0.343 e. The standard InChI is InChI=1S/C24H20N6O2/c1-14(15-6-4-3-5-7-15)25-24(32)23-26-20-10-18-19(11-21(20)27-23)28-29-22(18)16-8-9-17(13-31)30(2)12-16/h3-12,14,28-29H,1-2H3,(H,25,32). The van der Waals surface area contributed by atoms with Gasteiger partial charge in [-0.15, -0.1) is 0 Å². The van der Waals surface area contributed by atoms with E-state index in [1.54, 1.807) is 18.0 Å². The van der Waals surface area contributed by atoms with Crippen molar-refractivity contribution < 1.29 is 9.59 Å². The first-order chi connectivity index (χ1) is 15.5. The van der Waals surface area contributed by atoms with Gasteiger partial charge in [0.1, 0.15) is 5.70 Å². The molecule has 4 aromatic rings. The molecule has 3 N–H and O–H groups in total. The lowest BCUT2D eigenvalue weighted by atomic mass is 10.1. The second-order valence-corrected chi connectivity index (χ2v) is 7.68. The molecule has 0 saturated carbocycles. The van der Waals surface area contributed by atoms with Crippen LogP contribution in [0.15, 0.2) is 66.5 Å². The van der Waals surface area contributed by atoms with Crippen molar-refractivity contribution in [2.75, 3.05) is 7.05 Å². The van der Waals surface area contributed by atoms with Gasteiger partial charge in [0.15, 0.2) is 5.94 Å². The molecule has 1 unspecified atom stereocenters. The largest absolute Gasteiger partial charge is 0.343 e. The van der Waals surface area contributed by atoms with Gasteiger partial charge in [-0.05, 0) is 36.8 Å². The van der Waals surface area contributed by atoms with Crippen LogP contribution in [0.3, 0.4) is 0 Å². The molecular formula is C24H20N6O2. The molecule has 3 heterocycles. The number of nitrogens with one attached hydrogen (secondary N) is 3. The number of rotatable bonds is 4. The van der Waals surface area contributed by atoms with Crippen LogP contribution in [0.4, 0.5) is 0 Å². The fourth-order valence-corrected chi connectivity index (χ4v) is 3.79. The Hall–Kier alpha value is -4.42. The number of aromatic nitrogens is 4. The van der Waals surface area contributed by atoms with Crippen molar-refractivity contribution in [1.82, 2.24) is 30.4 Å². The van der Waals surface area contributed by atoms with Crippen molar-refractivity contribution in [2.24, 2.45) is 0 Å². The summed E-state index contributed by atoms with van der Waals surface area (Å²) in [5.41, 5.74) is 5.31. The van der Waals surface area contributed by atoms with Gasteiger partial charge in [-0.25, -0.2) is 14.8 Å². The van der Waals surface area contributed by atoms with E-state index in [4.69, 9.17) is 0 Å². The molecule has 0 aliphatic carbocycles. The van der Waals surface area contributed by atoms with Gasteiger partial charge >= 0.3 is 0 Å². The topological polar surface area (TPSA) is 107 Å². The first-order valence-corrected chi connectivity index (χ1v) is 10.2. The second-order valence-electron chi connectivity index (χ2n) is 7.68. The predicted octanol–water partition coefficient (Wildman–Crippen LogP) is 3.49. The van der Waals surface area contributed by atoms with Crippen LogP contribution in [0.2, 0.25) is 0 Å². The number of aromatic amines is 2. The van der Waals surface area contributed by atoms with Crippen LogP contribution in [0.1, 0.15) is 34.8 Å². The first kappa shape index (κ1) is 19.5. The number of likely N-dealkylation sites (N-methyl/N-ethyl adjacent to an activating group) is 1. The Morgan fingerprint density at radius 1 is 1.09 bits per heavy atom. The lowest BCUT2D eigenvalue weighted by molar-refractivity contribution is 0.0930. The number of fused-ring (bicyclic) bond motifs is 2. The maximum atomic E-state index is 12.7. The molecule has 158 valence electrons. The molecule has 5 rings (SSSR count). The van der Waals surface area contributed by atoms with Crippen molar-refractivity contribution in [3.8, 4) is 0 Å². The van der Waals surface area contributed by atoms with E-state index in [0.29, 0.717) is 16.7 Å². The fraction of sp³-hybridized carbons (Fsp3) is 0.125. The van der Waals surface area contributed by atoms with Crippen LogP contribution < -0.4 is 5.32 Å². The zero-order valence-corrected chi connectivity index (χ0v) is 17.5. The zero-order chi connectivity index (χ0) is 22.2. The van der Waals surface area contributed by atoms with E-state index in [1.165, 1.54) is 0 Å². The predicted molar refractivity (Wildman–Crippen MR) is 122 cm³/mol. The number of imidazole rings is 1. The normalized spacial score (nSPS) is 14.5. The number of H-pyrrole nitrogens is 2. The molecule has 0 fully saturated rings. The number of carbonyl (C=O) groups is 1. The highest BCUT2D eigenvalue weighted by Crippen LogP contribution is 2.29. The zero-order valence-electron chi connectivity index (χ0n) is 17.5. The number of benzene rings is 2. The number of hydrogen-bond acceptors (Lipinski definition) is 5. The molecule has 8 nitrogen and oxygen atoms in total. The van der Waals surface area contributed by atoms with Crippen molar-refractivity contribution in [3.05, 3.63) is 83.6 Å². The molecule has 2 aromatic heterocycles. The number of amides is 1. The van der Waals surface area contributed by atoms with E-state index < -0.39 is 0 Å². The molecule has 0 saturated heterocycles. The van der Waals surface area contributed by atoms with Gasteiger partial charge in [-0.3, -0.25) is 9.89 Å². The molecule has 1 aliphatic heterocycles. The van der Waals surface area contributed by atoms with Gasteiger partial charge in [0.2, 0.25) is 5.82 Å². The highest BCUT2D eigenvalue weighted by Gasteiger charge is 2.19. The van der Waals surface area contributed by atoms with Gasteiger partial charge in [0, 0.05) is 24.2 Å². The highest BCUT2D eigenvalue weighted by atomic mass is 16.2. The third-order valence-corrected chi connectivity index (χ3v) is 5.54. The first-order valence-electron chi connectivity index (χ1n) is 10.2. The van der Waals surface area contributed by atoms with Crippen molar-refractivity contribution in [3.63, 3.8) is 0 Å². The molecule has 1 aliphatic rings. The third-order valence-electron chi connectivity index (χ3n) is 5.54. The van der Waals surface area contributed by atoms with Gasteiger partial charge in [-0.1, -0.05) is 30.3 Å². The minimum atomic E-state index is -0.319. The van der Waals surface area contributed by atoms with Gasteiger partial charge in [0.25, 0.3) is 5.91 Å². The Balaban J connectivity index is 1.46. The molecule has 0 spiro atoms. The van der Waals surface area contributed by atoms with Crippen LogP contribution >= 0.6 is 0 Å². The molecular weight excluding hydrogens is 404 g/mol. The van der Waals surface area contributed by atoms with E-state index in [-0.39, 0.29) is 17.8 Å². The molecule has 0 bridgehead atoms. The number of hydrogen-bond donors (Lipinski definition) is 3. The average molecular weight is 424 g/mol.